The molecule has 0 unspecified atom stereocenters. The highest BCUT2D eigenvalue weighted by Crippen LogP contribution is 2.36. The van der Waals surface area contributed by atoms with E-state index in [4.69, 9.17) is 4.74 Å². The second kappa shape index (κ2) is 15.7. The third-order valence-corrected chi connectivity index (χ3v) is 3.79. The van der Waals surface area contributed by atoms with E-state index in [1.807, 2.05) is 70.3 Å². The molecule has 0 fully saturated rings. The van der Waals surface area contributed by atoms with E-state index in [2.05, 4.69) is 28.6 Å². The SMILES string of the molecule is CC.CC.CC.CCF.Cc1cc2c(cc1-c1ccc3nc(NC=O)cn3c1)OCN2.[HH]. The number of imidazole rings is 1. The maximum Gasteiger partial charge on any atom is 0.212 e. The summed E-state index contributed by atoms with van der Waals surface area (Å²) < 4.78 is 17.7. The predicted octanol–water partition coefficient (Wildman–Crippen LogP) is 6.94. The number of hydrogen-bond acceptors (Lipinski definition) is 4. The smallest absolute Gasteiger partial charge is 0.212 e. The van der Waals surface area contributed by atoms with E-state index in [1.165, 1.54) is 12.5 Å². The molecule has 0 saturated carbocycles. The molecule has 174 valence electrons. The highest BCUT2D eigenvalue weighted by atomic mass is 19.1. The first-order valence-electron chi connectivity index (χ1n) is 10.9. The number of fused-ring (bicyclic) bond motifs is 2. The van der Waals surface area contributed by atoms with Crippen LogP contribution in [0.4, 0.5) is 15.9 Å². The van der Waals surface area contributed by atoms with E-state index >= 15 is 0 Å². The number of amides is 1. The summed E-state index contributed by atoms with van der Waals surface area (Å²) in [6.07, 6.45) is 4.40. The fourth-order valence-electron chi connectivity index (χ4n) is 2.73. The molecule has 31 heavy (non-hydrogen) atoms. The molecule has 4 rings (SSSR count). The van der Waals surface area contributed by atoms with E-state index in [-0.39, 0.29) is 8.10 Å². The number of pyridine rings is 1. The largest absolute Gasteiger partial charge is 0.471 e. The summed E-state index contributed by atoms with van der Waals surface area (Å²) in [5.74, 6) is 1.40. The van der Waals surface area contributed by atoms with Crippen LogP contribution in [0.2, 0.25) is 0 Å². The minimum absolute atomic E-state index is 0. The molecule has 0 spiro atoms. The Kier molecular flexibility index (Phi) is 14.1. The normalized spacial score (nSPS) is 10.1. The lowest BCUT2D eigenvalue weighted by molar-refractivity contribution is -0.105. The van der Waals surface area contributed by atoms with Crippen LogP contribution in [0.3, 0.4) is 0 Å². The molecule has 0 radical (unpaired) electrons. The number of alkyl halides is 1. The average Bonchev–Trinajstić information content (AvgIpc) is 3.43. The van der Waals surface area contributed by atoms with Crippen LogP contribution in [0.25, 0.3) is 16.8 Å². The van der Waals surface area contributed by atoms with Crippen LogP contribution < -0.4 is 15.4 Å². The van der Waals surface area contributed by atoms with Crippen LogP contribution >= 0.6 is 0 Å². The summed E-state index contributed by atoms with van der Waals surface area (Å²) >= 11 is 0. The zero-order valence-electron chi connectivity index (χ0n) is 20.0. The fourth-order valence-corrected chi connectivity index (χ4v) is 2.73. The van der Waals surface area contributed by atoms with Crippen molar-refractivity contribution in [3.8, 4) is 16.9 Å². The minimum Gasteiger partial charge on any atom is -0.471 e. The Morgan fingerprint density at radius 2 is 1.84 bits per heavy atom. The number of hydrogen-bond donors (Lipinski definition) is 2. The van der Waals surface area contributed by atoms with Gasteiger partial charge in [0.15, 0.2) is 12.5 Å². The van der Waals surface area contributed by atoms with Gasteiger partial charge in [-0.15, -0.1) is 0 Å². The van der Waals surface area contributed by atoms with Gasteiger partial charge in [0, 0.05) is 7.62 Å². The van der Waals surface area contributed by atoms with Crippen LogP contribution in [-0.4, -0.2) is 29.2 Å². The van der Waals surface area contributed by atoms with Crippen molar-refractivity contribution in [2.45, 2.75) is 55.4 Å². The van der Waals surface area contributed by atoms with Gasteiger partial charge in [-0.2, -0.15) is 0 Å². The molecule has 0 atom stereocenters. The van der Waals surface area contributed by atoms with Crippen LogP contribution in [0.15, 0.2) is 36.7 Å². The van der Waals surface area contributed by atoms with Gasteiger partial charge in [-0.05, 0) is 54.8 Å². The van der Waals surface area contributed by atoms with Crippen LogP contribution in [0.1, 0.15) is 55.5 Å². The first kappa shape index (κ1) is 27.9. The Morgan fingerprint density at radius 1 is 1.19 bits per heavy atom. The number of nitrogens with one attached hydrogen (secondary N) is 2. The summed E-state index contributed by atoms with van der Waals surface area (Å²) in [6.45, 7) is 15.8. The number of halogens is 1. The number of nitrogens with zero attached hydrogens (tertiary/aromatic N) is 2. The summed E-state index contributed by atoms with van der Waals surface area (Å²) in [5, 5.41) is 5.75. The highest BCUT2D eigenvalue weighted by molar-refractivity contribution is 5.76. The Bertz CT molecular complexity index is 916. The molecule has 0 bridgehead atoms. The standard InChI is InChI=1S/C16H14N4O2.C2H5F.3C2H6.H2/c1-10-4-13-14(22-9-18-13)5-12(10)11-2-3-16-19-15(17-8-21)7-20(16)6-11;1-2-3;3*1-2;/h2-8,18H,9H2,1H3,(H,17,21);2H2,1H3;3*1-2H3;1H. The zero-order chi connectivity index (χ0) is 23.8. The van der Waals surface area contributed by atoms with Gasteiger partial charge in [-0.25, -0.2) is 4.98 Å². The Balaban J connectivity index is 0. The zero-order valence-corrected chi connectivity index (χ0v) is 20.0. The molecular weight excluding hydrogens is 395 g/mol. The molecular formula is C24H39FN4O2. The molecule has 2 aromatic heterocycles. The summed E-state index contributed by atoms with van der Waals surface area (Å²) in [4.78, 5) is 14.8. The van der Waals surface area contributed by atoms with Crippen LogP contribution in [0.5, 0.6) is 5.75 Å². The molecule has 6 nitrogen and oxygen atoms in total. The topological polar surface area (TPSA) is 67.7 Å². The van der Waals surface area contributed by atoms with Crippen molar-refractivity contribution in [3.05, 3.63) is 42.2 Å². The lowest BCUT2D eigenvalue weighted by Gasteiger charge is -2.09. The van der Waals surface area contributed by atoms with Gasteiger partial charge in [0.1, 0.15) is 11.4 Å². The van der Waals surface area contributed by atoms with Crippen molar-refractivity contribution in [3.63, 3.8) is 0 Å². The number of carbonyl (C=O) groups excluding carboxylic acids is 1. The van der Waals surface area contributed by atoms with Crippen molar-refractivity contribution < 1.29 is 15.3 Å². The molecule has 3 aromatic rings. The lowest BCUT2D eigenvalue weighted by Crippen LogP contribution is -1.96. The van der Waals surface area contributed by atoms with Crippen molar-refractivity contribution in [2.75, 3.05) is 24.0 Å². The third kappa shape index (κ3) is 7.59. The number of carbonyl (C=O) groups is 1. The number of anilines is 2. The number of aryl methyl sites for hydroxylation is 1. The van der Waals surface area contributed by atoms with Gasteiger partial charge in [0.05, 0.1) is 18.6 Å². The minimum atomic E-state index is -0.250. The molecule has 0 saturated heterocycles. The summed E-state index contributed by atoms with van der Waals surface area (Å²) in [7, 11) is 0. The molecule has 0 aliphatic carbocycles. The van der Waals surface area contributed by atoms with Gasteiger partial charge in [0.25, 0.3) is 0 Å². The monoisotopic (exact) mass is 434 g/mol. The second-order valence-corrected chi connectivity index (χ2v) is 5.47. The van der Waals surface area contributed by atoms with Crippen molar-refractivity contribution >= 4 is 23.6 Å². The molecule has 1 amide bonds. The van der Waals surface area contributed by atoms with E-state index in [1.54, 1.807) is 6.20 Å². The molecule has 1 aromatic carbocycles. The Hall–Kier alpha value is -3.09. The molecule has 1 aliphatic heterocycles. The predicted molar refractivity (Wildman–Crippen MR) is 132 cm³/mol. The van der Waals surface area contributed by atoms with Gasteiger partial charge in [-0.1, -0.05) is 41.5 Å². The molecule has 7 heteroatoms. The highest BCUT2D eigenvalue weighted by Gasteiger charge is 2.15. The maximum absolute atomic E-state index is 10.5. The average molecular weight is 435 g/mol. The quantitative estimate of drug-likeness (QED) is 0.438. The first-order chi connectivity index (χ1) is 15.2. The number of rotatable bonds is 3. The maximum atomic E-state index is 10.5. The van der Waals surface area contributed by atoms with E-state index in [0.29, 0.717) is 19.0 Å². The van der Waals surface area contributed by atoms with E-state index < -0.39 is 0 Å². The van der Waals surface area contributed by atoms with Gasteiger partial charge < -0.3 is 19.8 Å². The number of aromatic nitrogens is 2. The molecule has 1 aliphatic rings. The van der Waals surface area contributed by atoms with Crippen molar-refractivity contribution in [2.24, 2.45) is 0 Å². The van der Waals surface area contributed by atoms with Gasteiger partial charge in [0.2, 0.25) is 6.41 Å². The molecule has 3 heterocycles. The van der Waals surface area contributed by atoms with Gasteiger partial charge >= 0.3 is 0 Å². The lowest BCUT2D eigenvalue weighted by atomic mass is 10.0. The van der Waals surface area contributed by atoms with Crippen molar-refractivity contribution in [1.29, 1.82) is 0 Å². The summed E-state index contributed by atoms with van der Waals surface area (Å²) in [5.41, 5.74) is 5.16. The van der Waals surface area contributed by atoms with E-state index in [0.717, 1.165) is 28.2 Å². The first-order valence-corrected chi connectivity index (χ1v) is 10.9. The van der Waals surface area contributed by atoms with E-state index in [9.17, 15) is 9.18 Å². The van der Waals surface area contributed by atoms with Gasteiger partial charge in [-0.3, -0.25) is 9.18 Å². The number of benzene rings is 1. The Labute approximate surface area is 187 Å². The third-order valence-electron chi connectivity index (χ3n) is 3.79. The fraction of sp³-hybridized carbons (Fsp3) is 0.417. The summed E-state index contributed by atoms with van der Waals surface area (Å²) in [6, 6.07) is 8.09. The van der Waals surface area contributed by atoms with Crippen molar-refractivity contribution in [1.82, 2.24) is 9.38 Å². The number of ether oxygens (including phenoxy) is 1. The van der Waals surface area contributed by atoms with Crippen LogP contribution in [0, 0.1) is 6.92 Å². The molecule has 2 N–H and O–H groups in total. The second-order valence-electron chi connectivity index (χ2n) is 5.47. The van der Waals surface area contributed by atoms with Crippen LogP contribution in [-0.2, 0) is 4.79 Å². The Morgan fingerprint density at radius 3 is 2.45 bits per heavy atom.